The molecule has 0 aromatic carbocycles. The van der Waals surface area contributed by atoms with Gasteiger partial charge in [-0.25, -0.2) is 9.48 Å². The van der Waals surface area contributed by atoms with Crippen molar-refractivity contribution in [1.82, 2.24) is 15.1 Å². The van der Waals surface area contributed by atoms with Gasteiger partial charge in [-0.15, -0.1) is 0 Å². The maximum atomic E-state index is 11.9. The number of rotatable bonds is 6. The number of carbonyl (C=O) groups excluding carboxylic acids is 1. The van der Waals surface area contributed by atoms with Crippen molar-refractivity contribution in [2.24, 2.45) is 5.92 Å². The van der Waals surface area contributed by atoms with E-state index in [9.17, 15) is 4.79 Å². The normalized spacial score (nSPS) is 17.4. The first kappa shape index (κ1) is 15.8. The largest absolute Gasteiger partial charge is 0.396 e. The van der Waals surface area contributed by atoms with Gasteiger partial charge in [0.05, 0.1) is 12.2 Å². The molecule has 1 unspecified atom stereocenters. The lowest BCUT2D eigenvalue weighted by molar-refractivity contribution is 0.242. The molecule has 1 heterocycles. The Morgan fingerprint density at radius 1 is 1.48 bits per heavy atom. The van der Waals surface area contributed by atoms with E-state index in [2.05, 4.69) is 15.7 Å². The molecule has 0 saturated heterocycles. The van der Waals surface area contributed by atoms with Crippen molar-refractivity contribution in [2.45, 2.75) is 51.5 Å². The zero-order valence-electron chi connectivity index (χ0n) is 12.7. The van der Waals surface area contributed by atoms with E-state index in [1.54, 1.807) is 6.20 Å². The average Bonchev–Trinajstić information content (AvgIpc) is 2.94. The average molecular weight is 294 g/mol. The van der Waals surface area contributed by atoms with E-state index in [0.29, 0.717) is 19.0 Å². The number of nitrogens with zero attached hydrogens (tertiary/aromatic N) is 2. The molecule has 118 valence electrons. The van der Waals surface area contributed by atoms with Gasteiger partial charge in [-0.3, -0.25) is 5.32 Å². The Morgan fingerprint density at radius 2 is 2.24 bits per heavy atom. The summed E-state index contributed by atoms with van der Waals surface area (Å²) in [5.41, 5.74) is 0. The Kier molecular flexibility index (Phi) is 6.04. The number of amides is 2. The van der Waals surface area contributed by atoms with Gasteiger partial charge < -0.3 is 10.4 Å². The van der Waals surface area contributed by atoms with Crippen LogP contribution in [0.3, 0.4) is 0 Å². The zero-order chi connectivity index (χ0) is 15.1. The highest BCUT2D eigenvalue weighted by atomic mass is 16.3. The van der Waals surface area contributed by atoms with E-state index >= 15 is 0 Å². The maximum absolute atomic E-state index is 11.9. The highest BCUT2D eigenvalue weighted by Gasteiger charge is 2.19. The third-order valence-corrected chi connectivity index (χ3v) is 4.07. The molecule has 21 heavy (non-hydrogen) atoms. The molecule has 1 aliphatic rings. The van der Waals surface area contributed by atoms with Crippen molar-refractivity contribution < 1.29 is 9.90 Å². The molecule has 2 rings (SSSR count). The first-order chi connectivity index (χ1) is 10.2. The van der Waals surface area contributed by atoms with Crippen molar-refractivity contribution in [2.75, 3.05) is 18.5 Å². The van der Waals surface area contributed by atoms with Gasteiger partial charge in [0, 0.05) is 19.2 Å². The Hall–Kier alpha value is -1.56. The van der Waals surface area contributed by atoms with Crippen molar-refractivity contribution in [3.8, 4) is 0 Å². The van der Waals surface area contributed by atoms with Gasteiger partial charge in [0.2, 0.25) is 0 Å². The van der Waals surface area contributed by atoms with Crippen LogP contribution in [0.4, 0.5) is 10.6 Å². The third kappa shape index (κ3) is 4.74. The Morgan fingerprint density at radius 3 is 2.95 bits per heavy atom. The van der Waals surface area contributed by atoms with E-state index in [1.165, 1.54) is 19.3 Å². The second-order valence-corrected chi connectivity index (χ2v) is 5.91. The summed E-state index contributed by atoms with van der Waals surface area (Å²) in [7, 11) is 0. The van der Waals surface area contributed by atoms with Gasteiger partial charge in [0.1, 0.15) is 5.82 Å². The zero-order valence-corrected chi connectivity index (χ0v) is 12.7. The summed E-state index contributed by atoms with van der Waals surface area (Å²) >= 11 is 0. The number of aliphatic hydroxyl groups excluding tert-OH is 1. The van der Waals surface area contributed by atoms with Gasteiger partial charge >= 0.3 is 6.03 Å². The van der Waals surface area contributed by atoms with E-state index in [0.717, 1.165) is 18.7 Å². The summed E-state index contributed by atoms with van der Waals surface area (Å²) in [5.74, 6) is 1.03. The summed E-state index contributed by atoms with van der Waals surface area (Å²) in [6.07, 6.45) is 8.45. The SMILES string of the molecule is CC(CCO)CNC(=O)Nc1ccnn1C1CCCCC1. The molecule has 0 radical (unpaired) electrons. The summed E-state index contributed by atoms with van der Waals surface area (Å²) in [6, 6.07) is 2.03. The topological polar surface area (TPSA) is 79.2 Å². The number of aliphatic hydroxyl groups is 1. The predicted molar refractivity (Wildman–Crippen MR) is 82.2 cm³/mol. The number of anilines is 1. The van der Waals surface area contributed by atoms with Gasteiger partial charge in [0.25, 0.3) is 0 Å². The monoisotopic (exact) mass is 294 g/mol. The van der Waals surface area contributed by atoms with Crippen LogP contribution in [-0.2, 0) is 0 Å². The standard InChI is InChI=1S/C15H26N4O2/c1-12(8-10-20)11-16-15(21)18-14-7-9-17-19(14)13-5-3-2-4-6-13/h7,9,12-13,20H,2-6,8,10-11H2,1H3,(H2,16,18,21). The van der Waals surface area contributed by atoms with Gasteiger partial charge in [-0.05, 0) is 25.2 Å². The van der Waals surface area contributed by atoms with E-state index in [1.807, 2.05) is 17.7 Å². The first-order valence-electron chi connectivity index (χ1n) is 7.90. The molecule has 6 heteroatoms. The number of nitrogens with one attached hydrogen (secondary N) is 2. The lowest BCUT2D eigenvalue weighted by Crippen LogP contribution is -2.33. The maximum Gasteiger partial charge on any atom is 0.320 e. The lowest BCUT2D eigenvalue weighted by Gasteiger charge is -2.24. The minimum atomic E-state index is -0.211. The van der Waals surface area contributed by atoms with Crippen molar-refractivity contribution in [3.63, 3.8) is 0 Å². The molecule has 6 nitrogen and oxygen atoms in total. The van der Waals surface area contributed by atoms with E-state index in [4.69, 9.17) is 5.11 Å². The molecular weight excluding hydrogens is 268 g/mol. The predicted octanol–water partition coefficient (Wildman–Crippen LogP) is 2.53. The smallest absolute Gasteiger partial charge is 0.320 e. The van der Waals surface area contributed by atoms with Crippen LogP contribution in [0.15, 0.2) is 12.3 Å². The minimum absolute atomic E-state index is 0.152. The molecule has 1 aromatic rings. The summed E-state index contributed by atoms with van der Waals surface area (Å²) in [4.78, 5) is 11.9. The molecule has 1 fully saturated rings. The second-order valence-electron chi connectivity index (χ2n) is 5.91. The van der Waals surface area contributed by atoms with Crippen molar-refractivity contribution >= 4 is 11.8 Å². The van der Waals surface area contributed by atoms with Gasteiger partial charge in [0.15, 0.2) is 0 Å². The van der Waals surface area contributed by atoms with Crippen molar-refractivity contribution in [1.29, 1.82) is 0 Å². The van der Waals surface area contributed by atoms with Gasteiger partial charge in [-0.2, -0.15) is 5.10 Å². The van der Waals surface area contributed by atoms with Crippen LogP contribution in [-0.4, -0.2) is 34.1 Å². The van der Waals surface area contributed by atoms with Gasteiger partial charge in [-0.1, -0.05) is 26.2 Å². The molecule has 2 amide bonds. The number of aromatic nitrogens is 2. The molecule has 1 aliphatic carbocycles. The summed E-state index contributed by atoms with van der Waals surface area (Å²) in [5, 5.41) is 18.9. The second kappa shape index (κ2) is 8.02. The first-order valence-corrected chi connectivity index (χ1v) is 7.90. The van der Waals surface area contributed by atoms with E-state index in [-0.39, 0.29) is 18.6 Å². The van der Waals surface area contributed by atoms with E-state index < -0.39 is 0 Å². The van der Waals surface area contributed by atoms with Crippen LogP contribution in [0.25, 0.3) is 0 Å². The fraction of sp³-hybridized carbons (Fsp3) is 0.733. The van der Waals surface area contributed by atoms with Crippen LogP contribution in [0.5, 0.6) is 0 Å². The fourth-order valence-electron chi connectivity index (χ4n) is 2.78. The van der Waals surface area contributed by atoms with Crippen LogP contribution >= 0.6 is 0 Å². The third-order valence-electron chi connectivity index (χ3n) is 4.07. The fourth-order valence-corrected chi connectivity index (χ4v) is 2.78. The van der Waals surface area contributed by atoms with Crippen LogP contribution in [0, 0.1) is 5.92 Å². The Balaban J connectivity index is 1.85. The van der Waals surface area contributed by atoms with Crippen LogP contribution in [0.1, 0.15) is 51.5 Å². The molecule has 1 aromatic heterocycles. The molecule has 1 atom stereocenters. The molecular formula is C15H26N4O2. The quantitative estimate of drug-likeness (QED) is 0.754. The highest BCUT2D eigenvalue weighted by Crippen LogP contribution is 2.29. The molecule has 3 N–H and O–H groups in total. The van der Waals surface area contributed by atoms with Crippen LogP contribution < -0.4 is 10.6 Å². The Labute approximate surface area is 125 Å². The number of hydrogen-bond donors (Lipinski definition) is 3. The molecule has 0 aliphatic heterocycles. The van der Waals surface area contributed by atoms with Crippen molar-refractivity contribution in [3.05, 3.63) is 12.3 Å². The highest BCUT2D eigenvalue weighted by molar-refractivity contribution is 5.88. The summed E-state index contributed by atoms with van der Waals surface area (Å²) < 4.78 is 1.94. The molecule has 0 bridgehead atoms. The molecule has 1 saturated carbocycles. The summed E-state index contributed by atoms with van der Waals surface area (Å²) in [6.45, 7) is 2.71. The number of hydrogen-bond acceptors (Lipinski definition) is 3. The minimum Gasteiger partial charge on any atom is -0.396 e. The lowest BCUT2D eigenvalue weighted by atomic mass is 9.96. The molecule has 0 spiro atoms. The number of carbonyl (C=O) groups is 1. The van der Waals surface area contributed by atoms with Crippen LogP contribution in [0.2, 0.25) is 0 Å². The number of urea groups is 1. The Bertz CT molecular complexity index is 441.